The molecule has 1 amide bonds. The summed E-state index contributed by atoms with van der Waals surface area (Å²) < 4.78 is 5.21. The van der Waals surface area contributed by atoms with Crippen LogP contribution >= 0.6 is 0 Å². The minimum absolute atomic E-state index is 0.00163. The van der Waals surface area contributed by atoms with Gasteiger partial charge in [0, 0.05) is 13.0 Å². The third-order valence-electron chi connectivity index (χ3n) is 3.24. The van der Waals surface area contributed by atoms with E-state index in [1.807, 2.05) is 0 Å². The first-order valence-electron chi connectivity index (χ1n) is 7.68. The van der Waals surface area contributed by atoms with Gasteiger partial charge in [0.05, 0.1) is 0 Å². The molecule has 0 spiro atoms. The van der Waals surface area contributed by atoms with E-state index in [1.54, 1.807) is 20.8 Å². The van der Waals surface area contributed by atoms with Crippen LogP contribution in [0.3, 0.4) is 0 Å². The van der Waals surface area contributed by atoms with Crippen LogP contribution in [-0.2, 0) is 19.1 Å². The van der Waals surface area contributed by atoms with Crippen molar-refractivity contribution in [3.8, 4) is 0 Å². The summed E-state index contributed by atoms with van der Waals surface area (Å²) in [6, 6.07) is -2.70. The molecule has 0 aromatic carbocycles. The van der Waals surface area contributed by atoms with Crippen molar-refractivity contribution in [1.82, 2.24) is 4.90 Å². The number of carbonyl (C=O) groups is 4. The van der Waals surface area contributed by atoms with Gasteiger partial charge in [0.2, 0.25) is 0 Å². The van der Waals surface area contributed by atoms with E-state index < -0.39 is 47.7 Å². The highest BCUT2D eigenvalue weighted by atomic mass is 16.6. The van der Waals surface area contributed by atoms with Gasteiger partial charge < -0.3 is 25.8 Å². The van der Waals surface area contributed by atoms with Crippen LogP contribution in [0.4, 0.5) is 4.79 Å². The summed E-state index contributed by atoms with van der Waals surface area (Å²) in [6.45, 7) is 6.11. The van der Waals surface area contributed by atoms with Gasteiger partial charge in [-0.1, -0.05) is 0 Å². The van der Waals surface area contributed by atoms with E-state index in [4.69, 9.17) is 25.5 Å². The molecular weight excluding hydrogens is 336 g/mol. The Labute approximate surface area is 145 Å². The molecule has 3 atom stereocenters. The first-order chi connectivity index (χ1) is 11.3. The molecule has 1 saturated heterocycles. The third kappa shape index (κ3) is 8.34. The number of carbonyl (C=O) groups excluding carboxylic acids is 1. The molecule has 0 aromatic rings. The average Bonchev–Trinajstić information content (AvgIpc) is 2.79. The van der Waals surface area contributed by atoms with Gasteiger partial charge in [-0.05, 0) is 40.0 Å². The molecule has 144 valence electrons. The summed E-state index contributed by atoms with van der Waals surface area (Å²) in [6.07, 6.45) is -0.115. The monoisotopic (exact) mass is 362 g/mol. The Bertz CT molecular complexity index is 510. The van der Waals surface area contributed by atoms with Crippen LogP contribution in [0.25, 0.3) is 0 Å². The number of hydrogen-bond acceptors (Lipinski definition) is 6. The Kier molecular flexibility index (Phi) is 8.34. The van der Waals surface area contributed by atoms with Crippen molar-refractivity contribution in [3.05, 3.63) is 0 Å². The second-order valence-corrected chi connectivity index (χ2v) is 6.67. The molecule has 0 aromatic heterocycles. The number of aliphatic carboxylic acids is 3. The molecule has 5 N–H and O–H groups in total. The number of hydrogen-bond donors (Lipinski definition) is 4. The average molecular weight is 362 g/mol. The first kappa shape index (κ1) is 22.6. The van der Waals surface area contributed by atoms with Gasteiger partial charge in [0.1, 0.15) is 17.7 Å². The van der Waals surface area contributed by atoms with Crippen LogP contribution in [0.15, 0.2) is 0 Å². The molecule has 1 rings (SSSR count). The number of nitrogens with two attached hydrogens (primary N) is 1. The number of amides is 1. The lowest BCUT2D eigenvalue weighted by molar-refractivity contribution is -0.142. The predicted molar refractivity (Wildman–Crippen MR) is 86.1 cm³/mol. The standard InChI is InChI=1S/C13H22N2O6.C2H4O2/c1-13(2,3)21-12(20)15-7(6-8(14)10(16)17)4-5-9(15)11(18)19;1-2(3)4/h7-9H,4-6,14H2,1-3H3,(H,16,17)(H,18,19);1H3,(H,3,4)/t7-,8?,9-;/m0./s1. The maximum Gasteiger partial charge on any atom is 0.411 e. The largest absolute Gasteiger partial charge is 0.481 e. The SMILES string of the molecule is CC(=O)O.CC(C)(C)OC(=O)N1[C@H](CC(N)C(=O)O)CC[C@H]1C(=O)O. The molecule has 0 aliphatic carbocycles. The van der Waals surface area contributed by atoms with Crippen molar-refractivity contribution >= 4 is 24.0 Å². The topological polar surface area (TPSA) is 167 Å². The number of likely N-dealkylation sites (tertiary alicyclic amines) is 1. The summed E-state index contributed by atoms with van der Waals surface area (Å²) >= 11 is 0. The second kappa shape index (κ2) is 9.21. The van der Waals surface area contributed by atoms with Crippen LogP contribution in [0.1, 0.15) is 47.0 Å². The fraction of sp³-hybridized carbons (Fsp3) is 0.733. The minimum atomic E-state index is -1.18. The van der Waals surface area contributed by atoms with E-state index in [2.05, 4.69) is 0 Å². The van der Waals surface area contributed by atoms with E-state index in [9.17, 15) is 19.5 Å². The van der Waals surface area contributed by atoms with E-state index in [0.717, 1.165) is 11.8 Å². The molecule has 0 radical (unpaired) electrons. The summed E-state index contributed by atoms with van der Waals surface area (Å²) in [5.74, 6) is -3.15. The van der Waals surface area contributed by atoms with Crippen molar-refractivity contribution in [1.29, 1.82) is 0 Å². The highest BCUT2D eigenvalue weighted by Gasteiger charge is 2.43. The molecule has 1 fully saturated rings. The summed E-state index contributed by atoms with van der Waals surface area (Å²) in [4.78, 5) is 44.4. The lowest BCUT2D eigenvalue weighted by atomic mass is 10.1. The molecule has 10 nitrogen and oxygen atoms in total. The number of rotatable bonds is 4. The fourth-order valence-electron chi connectivity index (χ4n) is 2.34. The maximum absolute atomic E-state index is 12.2. The van der Waals surface area contributed by atoms with Gasteiger partial charge in [-0.25, -0.2) is 9.59 Å². The number of nitrogens with zero attached hydrogens (tertiary/aromatic N) is 1. The molecule has 0 bridgehead atoms. The number of carboxylic acid groups (broad SMARTS) is 3. The van der Waals surface area contributed by atoms with Crippen LogP contribution in [0, 0.1) is 0 Å². The van der Waals surface area contributed by atoms with Crippen molar-refractivity contribution in [2.24, 2.45) is 5.73 Å². The van der Waals surface area contributed by atoms with Gasteiger partial charge in [-0.3, -0.25) is 14.5 Å². The zero-order valence-corrected chi connectivity index (χ0v) is 14.8. The van der Waals surface area contributed by atoms with Gasteiger partial charge in [0.25, 0.3) is 5.97 Å². The normalized spacial score (nSPS) is 20.9. The highest BCUT2D eigenvalue weighted by Crippen LogP contribution is 2.29. The molecule has 1 heterocycles. The summed E-state index contributed by atoms with van der Waals surface area (Å²) in [5, 5.41) is 25.5. The van der Waals surface area contributed by atoms with Gasteiger partial charge in [0.15, 0.2) is 0 Å². The van der Waals surface area contributed by atoms with E-state index in [-0.39, 0.29) is 12.8 Å². The van der Waals surface area contributed by atoms with Crippen molar-refractivity contribution in [2.75, 3.05) is 0 Å². The van der Waals surface area contributed by atoms with Crippen molar-refractivity contribution in [3.63, 3.8) is 0 Å². The quantitative estimate of drug-likeness (QED) is 0.563. The molecule has 1 aliphatic rings. The lowest BCUT2D eigenvalue weighted by Crippen LogP contribution is -2.49. The molecule has 0 saturated carbocycles. The van der Waals surface area contributed by atoms with Crippen molar-refractivity contribution in [2.45, 2.75) is 70.7 Å². The number of carboxylic acids is 3. The van der Waals surface area contributed by atoms with Gasteiger partial charge in [-0.15, -0.1) is 0 Å². The molecular formula is C15H26N2O8. The highest BCUT2D eigenvalue weighted by molar-refractivity contribution is 5.81. The number of ether oxygens (including phenoxy) is 1. The third-order valence-corrected chi connectivity index (χ3v) is 3.24. The predicted octanol–water partition coefficient (Wildman–Crippen LogP) is 0.732. The van der Waals surface area contributed by atoms with E-state index >= 15 is 0 Å². The Morgan fingerprint density at radius 1 is 1.16 bits per heavy atom. The lowest BCUT2D eigenvalue weighted by Gasteiger charge is -2.31. The van der Waals surface area contributed by atoms with E-state index in [0.29, 0.717) is 6.42 Å². The van der Waals surface area contributed by atoms with Crippen LogP contribution < -0.4 is 5.73 Å². The summed E-state index contributed by atoms with van der Waals surface area (Å²) in [7, 11) is 0. The Balaban J connectivity index is 0.00000129. The minimum Gasteiger partial charge on any atom is -0.481 e. The second-order valence-electron chi connectivity index (χ2n) is 6.67. The van der Waals surface area contributed by atoms with Crippen LogP contribution in [0.2, 0.25) is 0 Å². The van der Waals surface area contributed by atoms with Gasteiger partial charge >= 0.3 is 18.0 Å². The fourth-order valence-corrected chi connectivity index (χ4v) is 2.34. The van der Waals surface area contributed by atoms with Crippen LogP contribution in [-0.4, -0.2) is 67.9 Å². The Hall–Kier alpha value is -2.36. The molecule has 1 unspecified atom stereocenters. The van der Waals surface area contributed by atoms with Crippen LogP contribution in [0.5, 0.6) is 0 Å². The van der Waals surface area contributed by atoms with Gasteiger partial charge in [-0.2, -0.15) is 0 Å². The Morgan fingerprint density at radius 2 is 1.64 bits per heavy atom. The Morgan fingerprint density at radius 3 is 2.00 bits per heavy atom. The first-order valence-corrected chi connectivity index (χ1v) is 7.68. The zero-order valence-electron chi connectivity index (χ0n) is 14.8. The smallest absolute Gasteiger partial charge is 0.411 e. The van der Waals surface area contributed by atoms with E-state index in [1.165, 1.54) is 0 Å². The van der Waals surface area contributed by atoms with Crippen molar-refractivity contribution < 1.29 is 39.2 Å². The molecule has 10 heteroatoms. The zero-order chi connectivity index (χ0) is 19.9. The summed E-state index contributed by atoms with van der Waals surface area (Å²) in [5.41, 5.74) is 4.72. The molecule has 25 heavy (non-hydrogen) atoms. The maximum atomic E-state index is 12.2. The molecule has 1 aliphatic heterocycles.